The van der Waals surface area contributed by atoms with Crippen molar-refractivity contribution in [3.8, 4) is 5.75 Å². The highest BCUT2D eigenvalue weighted by Crippen LogP contribution is 2.39. The summed E-state index contributed by atoms with van der Waals surface area (Å²) < 4.78 is 49.7. The zero-order chi connectivity index (χ0) is 29.2. The molecule has 0 fully saturated rings. The monoisotopic (exact) mass is 582 g/mol. The first-order valence-corrected chi connectivity index (χ1v) is 14.5. The molecular weight excluding hydrogens is 548 g/mol. The fourth-order valence-corrected chi connectivity index (χ4v) is 5.81. The van der Waals surface area contributed by atoms with Gasteiger partial charge >= 0.3 is 17.8 Å². The van der Waals surface area contributed by atoms with Gasteiger partial charge in [-0.1, -0.05) is 0 Å². The van der Waals surface area contributed by atoms with Gasteiger partial charge in [0.2, 0.25) is 10.0 Å². The van der Waals surface area contributed by atoms with E-state index in [9.17, 15) is 22.8 Å². The van der Waals surface area contributed by atoms with Crippen molar-refractivity contribution in [2.24, 2.45) is 0 Å². The number of carbonyl (C=O) groups is 3. The molecule has 0 saturated heterocycles. The van der Waals surface area contributed by atoms with Gasteiger partial charge in [0.15, 0.2) is 0 Å². The van der Waals surface area contributed by atoms with Crippen LogP contribution in [0.1, 0.15) is 62.3 Å². The van der Waals surface area contributed by atoms with E-state index in [1.54, 1.807) is 53.7 Å². The molecule has 2 aromatic rings. The van der Waals surface area contributed by atoms with E-state index in [2.05, 4.69) is 10.0 Å². The molecule has 1 aliphatic rings. The van der Waals surface area contributed by atoms with Crippen molar-refractivity contribution in [2.45, 2.75) is 76.8 Å². The van der Waals surface area contributed by atoms with Crippen molar-refractivity contribution in [3.63, 3.8) is 0 Å². The molecular formula is C26H34N2O9S2. The SMILES string of the molecule is COc1ccc(S(=O)(=O)NCC2Cc3c(sc(NC(=O)C(=O)OC(C)(C)C)c3C(=O)OC(C)(C)C)CO2)cc1. The molecule has 214 valence electrons. The summed E-state index contributed by atoms with van der Waals surface area (Å²) in [6.07, 6.45) is -0.427. The third-order valence-corrected chi connectivity index (χ3v) is 7.82. The molecule has 11 nitrogen and oxygen atoms in total. The summed E-state index contributed by atoms with van der Waals surface area (Å²) in [5.41, 5.74) is -1.03. The Hall–Kier alpha value is -3.00. The zero-order valence-electron chi connectivity index (χ0n) is 23.0. The van der Waals surface area contributed by atoms with Crippen molar-refractivity contribution in [1.29, 1.82) is 0 Å². The lowest BCUT2D eigenvalue weighted by Gasteiger charge is -2.25. The van der Waals surface area contributed by atoms with Crippen LogP contribution in [-0.4, -0.2) is 57.2 Å². The molecule has 0 saturated carbocycles. The van der Waals surface area contributed by atoms with Gasteiger partial charge < -0.3 is 24.3 Å². The average Bonchev–Trinajstić information content (AvgIpc) is 3.17. The van der Waals surface area contributed by atoms with Gasteiger partial charge in [0.05, 0.1) is 30.3 Å². The Bertz CT molecular complexity index is 1340. The smallest absolute Gasteiger partial charge is 0.397 e. The summed E-state index contributed by atoms with van der Waals surface area (Å²) in [6, 6.07) is 5.95. The molecule has 13 heteroatoms. The number of benzene rings is 1. The number of carbonyl (C=O) groups excluding carboxylic acids is 3. The van der Waals surface area contributed by atoms with Gasteiger partial charge in [-0.3, -0.25) is 4.79 Å². The van der Waals surface area contributed by atoms with Crippen LogP contribution in [0.15, 0.2) is 29.2 Å². The summed E-state index contributed by atoms with van der Waals surface area (Å²) in [4.78, 5) is 38.8. The Morgan fingerprint density at radius 2 is 1.64 bits per heavy atom. The number of ether oxygens (including phenoxy) is 4. The highest BCUT2D eigenvalue weighted by molar-refractivity contribution is 7.89. The maximum atomic E-state index is 13.2. The van der Waals surface area contributed by atoms with Gasteiger partial charge in [0.25, 0.3) is 0 Å². The van der Waals surface area contributed by atoms with Crippen molar-refractivity contribution in [3.05, 3.63) is 40.3 Å². The number of fused-ring (bicyclic) bond motifs is 1. The topological polar surface area (TPSA) is 146 Å². The van der Waals surface area contributed by atoms with E-state index in [1.165, 1.54) is 19.2 Å². The first-order chi connectivity index (χ1) is 18.0. The van der Waals surface area contributed by atoms with Crippen LogP contribution in [0.2, 0.25) is 0 Å². The number of hydrogen-bond donors (Lipinski definition) is 2. The summed E-state index contributed by atoms with van der Waals surface area (Å²) >= 11 is 1.09. The van der Waals surface area contributed by atoms with Crippen LogP contribution in [0.25, 0.3) is 0 Å². The number of amides is 1. The summed E-state index contributed by atoms with van der Waals surface area (Å²) in [5, 5.41) is 2.62. The lowest BCUT2D eigenvalue weighted by atomic mass is 10.0. The van der Waals surface area contributed by atoms with Crippen LogP contribution in [0.4, 0.5) is 5.00 Å². The van der Waals surface area contributed by atoms with Crippen molar-refractivity contribution in [2.75, 3.05) is 19.0 Å². The number of rotatable bonds is 7. The number of anilines is 1. The minimum atomic E-state index is -3.83. The largest absolute Gasteiger partial charge is 0.497 e. The maximum Gasteiger partial charge on any atom is 0.397 e. The Labute approximate surface area is 232 Å². The van der Waals surface area contributed by atoms with Crippen LogP contribution in [-0.2, 0) is 46.9 Å². The average molecular weight is 583 g/mol. The molecule has 1 unspecified atom stereocenters. The molecule has 1 atom stereocenters. The molecule has 1 aromatic heterocycles. The van der Waals surface area contributed by atoms with Crippen LogP contribution in [0.5, 0.6) is 5.75 Å². The first kappa shape index (κ1) is 30.5. The Morgan fingerprint density at radius 3 is 2.21 bits per heavy atom. The van der Waals surface area contributed by atoms with E-state index < -0.39 is 45.2 Å². The Morgan fingerprint density at radius 1 is 1.03 bits per heavy atom. The standard InChI is InChI=1S/C26H34N2O9S2/c1-25(2,3)36-23(30)20-18-12-16(13-27-39(32,33)17-10-8-15(34-7)9-11-17)35-14-19(18)38-22(20)28-21(29)24(31)37-26(4,5)6/h8-11,16,27H,12-14H2,1-7H3,(H,28,29). The summed E-state index contributed by atoms with van der Waals surface area (Å²) in [7, 11) is -2.34. The van der Waals surface area contributed by atoms with Gasteiger partial charge in [-0.15, -0.1) is 11.3 Å². The van der Waals surface area contributed by atoms with Gasteiger partial charge in [-0.25, -0.2) is 22.7 Å². The quantitative estimate of drug-likeness (QED) is 0.370. The normalized spacial score (nSPS) is 15.7. The van der Waals surface area contributed by atoms with Gasteiger partial charge in [0.1, 0.15) is 22.0 Å². The Balaban J connectivity index is 1.82. The molecule has 2 heterocycles. The second-order valence-electron chi connectivity index (χ2n) is 10.8. The number of nitrogens with one attached hydrogen (secondary N) is 2. The van der Waals surface area contributed by atoms with E-state index in [-0.39, 0.29) is 35.0 Å². The van der Waals surface area contributed by atoms with Gasteiger partial charge in [-0.05, 0) is 71.4 Å². The number of esters is 2. The highest BCUT2D eigenvalue weighted by Gasteiger charge is 2.34. The molecule has 1 amide bonds. The van der Waals surface area contributed by atoms with Gasteiger partial charge in [0, 0.05) is 17.8 Å². The molecule has 3 rings (SSSR count). The number of sulfonamides is 1. The molecule has 1 aliphatic heterocycles. The van der Waals surface area contributed by atoms with E-state index in [0.29, 0.717) is 16.2 Å². The van der Waals surface area contributed by atoms with Crippen molar-refractivity contribution < 1.29 is 41.7 Å². The van der Waals surface area contributed by atoms with Crippen LogP contribution < -0.4 is 14.8 Å². The molecule has 0 aliphatic carbocycles. The predicted molar refractivity (Wildman–Crippen MR) is 144 cm³/mol. The lowest BCUT2D eigenvalue weighted by Crippen LogP contribution is -2.37. The fourth-order valence-electron chi connectivity index (χ4n) is 3.61. The predicted octanol–water partition coefficient (Wildman–Crippen LogP) is 3.41. The third-order valence-electron chi connectivity index (χ3n) is 5.26. The lowest BCUT2D eigenvalue weighted by molar-refractivity contribution is -0.161. The minimum Gasteiger partial charge on any atom is -0.497 e. The number of hydrogen-bond acceptors (Lipinski definition) is 10. The van der Waals surface area contributed by atoms with E-state index in [4.69, 9.17) is 18.9 Å². The van der Waals surface area contributed by atoms with E-state index in [1.807, 2.05) is 0 Å². The zero-order valence-corrected chi connectivity index (χ0v) is 24.6. The molecule has 0 spiro atoms. The van der Waals surface area contributed by atoms with Crippen LogP contribution >= 0.6 is 11.3 Å². The molecule has 39 heavy (non-hydrogen) atoms. The second-order valence-corrected chi connectivity index (χ2v) is 13.7. The number of methoxy groups -OCH3 is 1. The third kappa shape index (κ3) is 8.24. The molecule has 1 aromatic carbocycles. The molecule has 2 N–H and O–H groups in total. The van der Waals surface area contributed by atoms with Crippen molar-refractivity contribution in [1.82, 2.24) is 4.72 Å². The fraction of sp³-hybridized carbons (Fsp3) is 0.500. The van der Waals surface area contributed by atoms with E-state index in [0.717, 1.165) is 11.3 Å². The van der Waals surface area contributed by atoms with E-state index >= 15 is 0 Å². The van der Waals surface area contributed by atoms with Crippen molar-refractivity contribution >= 4 is 44.2 Å². The molecule has 0 radical (unpaired) electrons. The minimum absolute atomic E-state index is 0.0585. The highest BCUT2D eigenvalue weighted by atomic mass is 32.2. The summed E-state index contributed by atoms with van der Waals surface area (Å²) in [5.74, 6) is -2.28. The summed E-state index contributed by atoms with van der Waals surface area (Å²) in [6.45, 7) is 10.1. The van der Waals surface area contributed by atoms with Crippen LogP contribution in [0, 0.1) is 0 Å². The second kappa shape index (κ2) is 11.6. The van der Waals surface area contributed by atoms with Crippen LogP contribution in [0.3, 0.4) is 0 Å². The number of thiophene rings is 1. The first-order valence-electron chi connectivity index (χ1n) is 12.2. The van der Waals surface area contributed by atoms with Gasteiger partial charge in [-0.2, -0.15) is 0 Å². The Kier molecular flexibility index (Phi) is 9.10. The molecule has 0 bridgehead atoms. The maximum absolute atomic E-state index is 13.2.